The van der Waals surface area contributed by atoms with Crippen LogP contribution in [-0.4, -0.2) is 70.1 Å². The number of carbonyl (C=O) groups is 1. The number of aromatic nitrogens is 4. The van der Waals surface area contributed by atoms with Crippen molar-refractivity contribution < 1.29 is 19.4 Å². The second-order valence-corrected chi connectivity index (χ2v) is 7.21. The number of ether oxygens (including phenoxy) is 2. The molecule has 168 valence electrons. The highest BCUT2D eigenvalue weighted by molar-refractivity contribution is 5.84. The number of unbranched alkanes of at least 4 members (excludes halogenated alkanes) is 1. The maximum Gasteiger partial charge on any atom is 0.248 e. The van der Waals surface area contributed by atoms with Crippen LogP contribution in [0.3, 0.4) is 0 Å². The lowest BCUT2D eigenvalue weighted by Gasteiger charge is -2.12. The molecule has 0 spiro atoms. The molecular formula is C21H30N6O4. The van der Waals surface area contributed by atoms with E-state index in [1.54, 1.807) is 14.0 Å². The summed E-state index contributed by atoms with van der Waals surface area (Å²) in [5.41, 5.74) is 2.34. The molecule has 0 aliphatic heterocycles. The first-order valence-electron chi connectivity index (χ1n) is 10.5. The average molecular weight is 431 g/mol. The van der Waals surface area contributed by atoms with Gasteiger partial charge in [0, 0.05) is 26.3 Å². The van der Waals surface area contributed by atoms with Crippen LogP contribution in [0.25, 0.3) is 16.7 Å². The fourth-order valence-electron chi connectivity index (χ4n) is 3.18. The van der Waals surface area contributed by atoms with Crippen molar-refractivity contribution in [2.75, 3.05) is 38.7 Å². The molecule has 2 aromatic heterocycles. The van der Waals surface area contributed by atoms with Gasteiger partial charge < -0.3 is 25.2 Å². The third-order valence-electron chi connectivity index (χ3n) is 4.90. The van der Waals surface area contributed by atoms with Gasteiger partial charge in [-0.1, -0.05) is 6.92 Å². The van der Waals surface area contributed by atoms with Crippen molar-refractivity contribution in [3.63, 3.8) is 0 Å². The molecule has 1 atom stereocenters. The number of aliphatic hydroxyl groups excluding tert-OH is 1. The maximum atomic E-state index is 11.6. The van der Waals surface area contributed by atoms with Crippen molar-refractivity contribution in [3.05, 3.63) is 24.0 Å². The van der Waals surface area contributed by atoms with Gasteiger partial charge >= 0.3 is 0 Å². The zero-order valence-corrected chi connectivity index (χ0v) is 18.2. The predicted octanol–water partition coefficient (Wildman–Crippen LogP) is 1.69. The third kappa shape index (κ3) is 5.59. The Kier molecular flexibility index (Phi) is 7.96. The van der Waals surface area contributed by atoms with E-state index in [1.165, 1.54) is 0 Å². The number of hydrogen-bond acceptors (Lipinski definition) is 8. The Hall–Kier alpha value is -2.98. The van der Waals surface area contributed by atoms with E-state index in [0.29, 0.717) is 44.2 Å². The second kappa shape index (κ2) is 10.9. The lowest BCUT2D eigenvalue weighted by atomic mass is 10.2. The van der Waals surface area contributed by atoms with Crippen molar-refractivity contribution >= 4 is 28.4 Å². The normalized spacial score (nSPS) is 12.3. The zero-order chi connectivity index (χ0) is 22.2. The molecule has 3 N–H and O–H groups in total. The van der Waals surface area contributed by atoms with Crippen molar-refractivity contribution in [2.24, 2.45) is 0 Å². The molecule has 0 saturated heterocycles. The minimum Gasteiger partial charge on any atom is -0.491 e. The molecule has 0 unspecified atom stereocenters. The summed E-state index contributed by atoms with van der Waals surface area (Å²) in [5.74, 6) is 1.82. The number of carbonyl (C=O) groups excluding carboxylic acids is 1. The van der Waals surface area contributed by atoms with Crippen LogP contribution < -0.4 is 15.4 Å². The smallest absolute Gasteiger partial charge is 0.248 e. The zero-order valence-electron chi connectivity index (χ0n) is 18.2. The molecule has 0 aliphatic rings. The molecule has 0 radical (unpaired) electrons. The van der Waals surface area contributed by atoms with E-state index in [4.69, 9.17) is 14.5 Å². The van der Waals surface area contributed by atoms with Gasteiger partial charge in [-0.3, -0.25) is 9.20 Å². The van der Waals surface area contributed by atoms with E-state index in [2.05, 4.69) is 20.8 Å². The van der Waals surface area contributed by atoms with Crippen LogP contribution in [-0.2, 0) is 9.53 Å². The number of anilines is 1. The van der Waals surface area contributed by atoms with E-state index in [-0.39, 0.29) is 5.91 Å². The number of aliphatic hydroxyl groups is 1. The van der Waals surface area contributed by atoms with E-state index >= 15 is 0 Å². The van der Waals surface area contributed by atoms with Gasteiger partial charge in [0.05, 0.1) is 17.6 Å². The van der Waals surface area contributed by atoms with Crippen LogP contribution in [0.1, 0.15) is 32.0 Å². The fraction of sp³-hybridized carbons (Fsp3) is 0.524. The standard InChI is InChI=1S/C21H30N6O4/c1-4-18(28)21(29)23-10-6-5-9-22-19-20-26-25-14(2)27(20)17-8-7-15(13-16(17)24-19)31-12-11-30-3/h7-8,13,18,28H,4-6,9-12H2,1-3H3,(H,22,24)(H,23,29)/t18-/m1/s1. The predicted molar refractivity (Wildman–Crippen MR) is 117 cm³/mol. The van der Waals surface area contributed by atoms with Crippen LogP contribution in [0.4, 0.5) is 5.82 Å². The highest BCUT2D eigenvalue weighted by Gasteiger charge is 2.14. The summed E-state index contributed by atoms with van der Waals surface area (Å²) in [6.07, 6.45) is 1.07. The van der Waals surface area contributed by atoms with E-state index in [9.17, 15) is 9.90 Å². The van der Waals surface area contributed by atoms with Crippen LogP contribution in [0, 0.1) is 6.92 Å². The van der Waals surface area contributed by atoms with Gasteiger partial charge in [-0.15, -0.1) is 10.2 Å². The van der Waals surface area contributed by atoms with Crippen LogP contribution >= 0.6 is 0 Å². The maximum absolute atomic E-state index is 11.6. The minimum absolute atomic E-state index is 0.323. The van der Waals surface area contributed by atoms with Crippen molar-refractivity contribution in [2.45, 2.75) is 39.2 Å². The minimum atomic E-state index is -0.937. The summed E-state index contributed by atoms with van der Waals surface area (Å²) in [6, 6.07) is 5.74. The summed E-state index contributed by atoms with van der Waals surface area (Å²) in [6.45, 7) is 5.83. The summed E-state index contributed by atoms with van der Waals surface area (Å²) in [4.78, 5) is 16.3. The van der Waals surface area contributed by atoms with E-state index in [1.807, 2.05) is 29.5 Å². The van der Waals surface area contributed by atoms with Crippen LogP contribution in [0.2, 0.25) is 0 Å². The second-order valence-electron chi connectivity index (χ2n) is 7.21. The summed E-state index contributed by atoms with van der Waals surface area (Å²) < 4.78 is 12.7. The number of amides is 1. The Morgan fingerprint density at radius 2 is 2.03 bits per heavy atom. The van der Waals surface area contributed by atoms with Crippen LogP contribution in [0.5, 0.6) is 5.75 Å². The van der Waals surface area contributed by atoms with Crippen molar-refractivity contribution in [1.29, 1.82) is 0 Å². The molecule has 31 heavy (non-hydrogen) atoms. The monoisotopic (exact) mass is 430 g/mol. The van der Waals surface area contributed by atoms with Gasteiger partial charge in [0.1, 0.15) is 24.3 Å². The Bertz CT molecular complexity index is 1020. The van der Waals surface area contributed by atoms with E-state index < -0.39 is 6.10 Å². The highest BCUT2D eigenvalue weighted by atomic mass is 16.5. The largest absolute Gasteiger partial charge is 0.491 e. The number of nitrogens with zero attached hydrogens (tertiary/aromatic N) is 4. The van der Waals surface area contributed by atoms with Crippen LogP contribution in [0.15, 0.2) is 18.2 Å². The number of fused-ring (bicyclic) bond motifs is 3. The van der Waals surface area contributed by atoms with Gasteiger partial charge in [0.2, 0.25) is 11.6 Å². The van der Waals surface area contributed by atoms with Gasteiger partial charge in [0.15, 0.2) is 5.82 Å². The number of benzene rings is 1. The first kappa shape index (κ1) is 22.7. The molecule has 0 aliphatic carbocycles. The van der Waals surface area contributed by atoms with Gasteiger partial charge in [-0.2, -0.15) is 0 Å². The number of rotatable bonds is 12. The fourth-order valence-corrected chi connectivity index (χ4v) is 3.18. The molecule has 0 saturated carbocycles. The highest BCUT2D eigenvalue weighted by Crippen LogP contribution is 2.25. The number of methoxy groups -OCH3 is 1. The molecule has 3 aromatic rings. The topological polar surface area (TPSA) is 123 Å². The molecule has 10 heteroatoms. The number of hydrogen-bond donors (Lipinski definition) is 3. The van der Waals surface area contributed by atoms with Gasteiger partial charge in [-0.05, 0) is 38.3 Å². The number of aryl methyl sites for hydroxylation is 1. The number of nitrogens with one attached hydrogen (secondary N) is 2. The Labute approximate surface area is 181 Å². The first-order chi connectivity index (χ1) is 15.0. The molecule has 3 rings (SSSR count). The van der Waals surface area contributed by atoms with Crippen molar-refractivity contribution in [1.82, 2.24) is 24.9 Å². The molecule has 1 amide bonds. The quantitative estimate of drug-likeness (QED) is 0.371. The third-order valence-corrected chi connectivity index (χ3v) is 4.90. The SMILES string of the molecule is CC[C@@H](O)C(=O)NCCCCNc1nc2cc(OCCOC)ccc2n2c(C)nnc12. The van der Waals surface area contributed by atoms with Gasteiger partial charge in [-0.25, -0.2) is 4.98 Å². The van der Waals surface area contributed by atoms with Crippen molar-refractivity contribution in [3.8, 4) is 5.75 Å². The van der Waals surface area contributed by atoms with Gasteiger partial charge in [0.25, 0.3) is 0 Å². The Balaban J connectivity index is 1.67. The summed E-state index contributed by atoms with van der Waals surface area (Å²) in [5, 5.41) is 24.0. The molecule has 2 heterocycles. The molecular weight excluding hydrogens is 400 g/mol. The van der Waals surface area contributed by atoms with E-state index in [0.717, 1.165) is 35.4 Å². The lowest BCUT2D eigenvalue weighted by Crippen LogP contribution is -2.34. The average Bonchev–Trinajstić information content (AvgIpc) is 3.17. The lowest BCUT2D eigenvalue weighted by molar-refractivity contribution is -0.129. The Morgan fingerprint density at radius 1 is 1.23 bits per heavy atom. The molecule has 0 bridgehead atoms. The molecule has 1 aromatic carbocycles. The summed E-state index contributed by atoms with van der Waals surface area (Å²) >= 11 is 0. The Morgan fingerprint density at radius 3 is 2.81 bits per heavy atom. The first-order valence-corrected chi connectivity index (χ1v) is 10.5. The molecule has 10 nitrogen and oxygen atoms in total. The summed E-state index contributed by atoms with van der Waals surface area (Å²) in [7, 11) is 1.64. The molecule has 0 fully saturated rings.